The average molecular weight is 470 g/mol. The zero-order chi connectivity index (χ0) is 23.4. The second-order valence-electron chi connectivity index (χ2n) is 11.5. The topological polar surface area (TPSA) is 61.4 Å². The van der Waals surface area contributed by atoms with Crippen molar-refractivity contribution in [2.75, 3.05) is 7.05 Å². The van der Waals surface area contributed by atoms with Crippen LogP contribution in [0.3, 0.4) is 0 Å². The number of likely N-dealkylation sites (N-methyl/N-ethyl adjacent to an activating group) is 1. The monoisotopic (exact) mass is 469 g/mol. The molecule has 1 unspecified atom stereocenters. The van der Waals surface area contributed by atoms with Gasteiger partial charge in [-0.3, -0.25) is 4.79 Å². The predicted octanol–water partition coefficient (Wildman–Crippen LogP) is 5.19. The minimum atomic E-state index is -0.0512. The SMILES string of the molecule is CC(NC(=O)NCc1cccs1)[C@H]1CC[C@H]2[C@@H]3CC[C@H]4N(C)C(=O)C=C[C@]4(C)[C@H]3CC[C@]12C. The molecule has 1 aromatic rings. The molecule has 3 saturated carbocycles. The van der Waals surface area contributed by atoms with Gasteiger partial charge < -0.3 is 15.5 Å². The third-order valence-corrected chi connectivity index (χ3v) is 11.0. The van der Waals surface area contributed by atoms with Gasteiger partial charge in [-0.1, -0.05) is 26.0 Å². The number of carbonyl (C=O) groups excluding carboxylic acids is 2. The first-order valence-corrected chi connectivity index (χ1v) is 13.6. The van der Waals surface area contributed by atoms with E-state index < -0.39 is 0 Å². The summed E-state index contributed by atoms with van der Waals surface area (Å²) in [6.07, 6.45) is 11.3. The highest BCUT2D eigenvalue weighted by Crippen LogP contribution is 2.65. The minimum Gasteiger partial charge on any atom is -0.338 e. The molecule has 0 spiro atoms. The number of carbonyl (C=O) groups is 2. The molecule has 5 nitrogen and oxygen atoms in total. The molecule has 0 saturated heterocycles. The molecule has 3 aliphatic carbocycles. The summed E-state index contributed by atoms with van der Waals surface area (Å²) in [7, 11) is 1.99. The summed E-state index contributed by atoms with van der Waals surface area (Å²) in [5, 5.41) is 8.35. The summed E-state index contributed by atoms with van der Waals surface area (Å²) in [5.74, 6) is 2.77. The number of thiophene rings is 1. The van der Waals surface area contributed by atoms with Crippen LogP contribution in [0, 0.1) is 34.5 Å². The summed E-state index contributed by atoms with van der Waals surface area (Å²) in [6, 6.07) is 4.53. The number of hydrogen-bond donors (Lipinski definition) is 2. The number of nitrogens with one attached hydrogen (secondary N) is 2. The van der Waals surface area contributed by atoms with Crippen molar-refractivity contribution in [3.8, 4) is 0 Å². The van der Waals surface area contributed by atoms with Crippen molar-refractivity contribution >= 4 is 23.3 Å². The Morgan fingerprint density at radius 3 is 2.79 bits per heavy atom. The summed E-state index contributed by atoms with van der Waals surface area (Å²) in [6.45, 7) is 7.71. The Labute approximate surface area is 202 Å². The Kier molecular flexibility index (Phi) is 5.87. The molecule has 1 aliphatic heterocycles. The number of hydrogen-bond acceptors (Lipinski definition) is 3. The van der Waals surface area contributed by atoms with E-state index in [9.17, 15) is 9.59 Å². The van der Waals surface area contributed by atoms with Crippen LogP contribution < -0.4 is 10.6 Å². The van der Waals surface area contributed by atoms with E-state index in [4.69, 9.17) is 0 Å². The third-order valence-electron chi connectivity index (χ3n) is 10.2. The number of fused-ring (bicyclic) bond motifs is 5. The molecule has 0 bridgehead atoms. The molecule has 8 atom stereocenters. The van der Waals surface area contributed by atoms with Crippen molar-refractivity contribution in [1.29, 1.82) is 0 Å². The lowest BCUT2D eigenvalue weighted by Gasteiger charge is -2.60. The lowest BCUT2D eigenvalue weighted by atomic mass is 9.47. The van der Waals surface area contributed by atoms with E-state index in [0.29, 0.717) is 30.3 Å². The normalized spacial score (nSPS) is 40.5. The minimum absolute atomic E-state index is 0.0512. The van der Waals surface area contributed by atoms with Gasteiger partial charge in [0.15, 0.2) is 0 Å². The average Bonchev–Trinajstić information content (AvgIpc) is 3.42. The molecule has 3 amide bonds. The van der Waals surface area contributed by atoms with Crippen LogP contribution >= 0.6 is 11.3 Å². The lowest BCUT2D eigenvalue weighted by Crippen LogP contribution is -2.60. The molecule has 6 heteroatoms. The van der Waals surface area contributed by atoms with Crippen LogP contribution in [0.2, 0.25) is 0 Å². The van der Waals surface area contributed by atoms with E-state index in [0.717, 1.165) is 12.3 Å². The fourth-order valence-corrected chi connectivity index (χ4v) is 9.18. The predicted molar refractivity (Wildman–Crippen MR) is 133 cm³/mol. The van der Waals surface area contributed by atoms with Crippen molar-refractivity contribution < 1.29 is 9.59 Å². The molecule has 5 rings (SSSR count). The van der Waals surface area contributed by atoms with Crippen molar-refractivity contribution in [1.82, 2.24) is 15.5 Å². The van der Waals surface area contributed by atoms with Crippen LogP contribution in [0.25, 0.3) is 0 Å². The molecule has 0 radical (unpaired) electrons. The zero-order valence-corrected chi connectivity index (χ0v) is 21.3. The molecular weight excluding hydrogens is 430 g/mol. The maximum atomic E-state index is 12.6. The van der Waals surface area contributed by atoms with E-state index >= 15 is 0 Å². The van der Waals surface area contributed by atoms with E-state index in [1.165, 1.54) is 37.0 Å². The fourth-order valence-electron chi connectivity index (χ4n) is 8.54. The Morgan fingerprint density at radius 2 is 2.03 bits per heavy atom. The first-order chi connectivity index (χ1) is 15.7. The fraction of sp³-hybridized carbons (Fsp3) is 0.704. The van der Waals surface area contributed by atoms with E-state index in [2.05, 4.69) is 43.5 Å². The summed E-state index contributed by atoms with van der Waals surface area (Å²) in [4.78, 5) is 28.1. The third kappa shape index (κ3) is 3.73. The van der Waals surface area contributed by atoms with Gasteiger partial charge in [-0.15, -0.1) is 11.3 Å². The standard InChI is InChI=1S/C27H39N3O2S/c1-17(29-25(32)28-16-18-6-5-15-33-18)20-8-9-21-19-7-10-23-27(3,14-12-24(31)30(23)4)22(19)11-13-26(20,21)2/h5-6,12,14-15,17,19-23H,7-11,13,16H2,1-4H3,(H2,28,29,32)/t17?,19-,20+,21-,22-,23+,26+,27+/m0/s1. The van der Waals surface area contributed by atoms with Gasteiger partial charge in [0.05, 0.1) is 6.54 Å². The van der Waals surface area contributed by atoms with Crippen LogP contribution in [0.4, 0.5) is 4.79 Å². The number of amides is 3. The Morgan fingerprint density at radius 1 is 1.21 bits per heavy atom. The number of rotatable bonds is 4. The van der Waals surface area contributed by atoms with Gasteiger partial charge in [-0.05, 0) is 92.1 Å². The van der Waals surface area contributed by atoms with E-state index in [1.807, 2.05) is 29.5 Å². The van der Waals surface area contributed by atoms with E-state index in [-0.39, 0.29) is 28.8 Å². The quantitative estimate of drug-likeness (QED) is 0.637. The van der Waals surface area contributed by atoms with Gasteiger partial charge in [-0.25, -0.2) is 4.79 Å². The first-order valence-electron chi connectivity index (χ1n) is 12.8. The highest BCUT2D eigenvalue weighted by Gasteiger charge is 2.60. The maximum Gasteiger partial charge on any atom is 0.315 e. The lowest BCUT2D eigenvalue weighted by molar-refractivity contribution is -0.139. The smallest absolute Gasteiger partial charge is 0.315 e. The Hall–Kier alpha value is -1.82. The second kappa shape index (κ2) is 8.44. The summed E-state index contributed by atoms with van der Waals surface area (Å²) < 4.78 is 0. The first kappa shape index (κ1) is 22.9. The second-order valence-corrected chi connectivity index (χ2v) is 12.6. The van der Waals surface area contributed by atoms with Gasteiger partial charge in [0, 0.05) is 29.4 Å². The van der Waals surface area contributed by atoms with Gasteiger partial charge in [-0.2, -0.15) is 0 Å². The maximum absolute atomic E-state index is 12.6. The van der Waals surface area contributed by atoms with Crippen molar-refractivity contribution in [3.05, 3.63) is 34.5 Å². The molecule has 2 N–H and O–H groups in total. The van der Waals surface area contributed by atoms with Crippen LogP contribution in [0.1, 0.15) is 64.2 Å². The molecule has 180 valence electrons. The zero-order valence-electron chi connectivity index (χ0n) is 20.5. The molecular formula is C27H39N3O2S. The molecule has 4 aliphatic rings. The summed E-state index contributed by atoms with van der Waals surface area (Å²) >= 11 is 1.67. The molecule has 1 aromatic heterocycles. The highest BCUT2D eigenvalue weighted by atomic mass is 32.1. The van der Waals surface area contributed by atoms with Crippen molar-refractivity contribution in [2.45, 2.75) is 77.9 Å². The summed E-state index contributed by atoms with van der Waals surface area (Å²) in [5.41, 5.74) is 0.376. The van der Waals surface area contributed by atoms with E-state index in [1.54, 1.807) is 11.3 Å². The van der Waals surface area contributed by atoms with Crippen LogP contribution in [-0.2, 0) is 11.3 Å². The van der Waals surface area contributed by atoms with Gasteiger partial charge in [0.25, 0.3) is 0 Å². The van der Waals surface area contributed by atoms with Gasteiger partial charge in [0.1, 0.15) is 0 Å². The molecule has 3 fully saturated rings. The van der Waals surface area contributed by atoms with Crippen LogP contribution in [0.15, 0.2) is 29.7 Å². The molecule has 2 heterocycles. The Bertz CT molecular complexity index is 930. The van der Waals surface area contributed by atoms with Crippen LogP contribution in [-0.4, -0.2) is 36.0 Å². The highest BCUT2D eigenvalue weighted by molar-refractivity contribution is 7.09. The van der Waals surface area contributed by atoms with Crippen molar-refractivity contribution in [2.24, 2.45) is 34.5 Å². The molecule has 0 aromatic carbocycles. The largest absolute Gasteiger partial charge is 0.338 e. The number of nitrogens with zero attached hydrogens (tertiary/aromatic N) is 1. The van der Waals surface area contributed by atoms with Crippen LogP contribution in [0.5, 0.6) is 0 Å². The van der Waals surface area contributed by atoms with Gasteiger partial charge in [0.2, 0.25) is 5.91 Å². The molecule has 33 heavy (non-hydrogen) atoms. The van der Waals surface area contributed by atoms with Gasteiger partial charge >= 0.3 is 6.03 Å². The number of urea groups is 1. The van der Waals surface area contributed by atoms with Crippen molar-refractivity contribution in [3.63, 3.8) is 0 Å². The Balaban J connectivity index is 1.27.